The number of esters is 1. The van der Waals surface area contributed by atoms with Gasteiger partial charge in [-0.3, -0.25) is 4.79 Å². The summed E-state index contributed by atoms with van der Waals surface area (Å²) in [6.07, 6.45) is 2.62. The molecule has 0 spiro atoms. The molecule has 1 aliphatic rings. The maximum absolute atomic E-state index is 12.2. The number of carbonyl (C=O) groups excluding carboxylic acids is 2. The van der Waals surface area contributed by atoms with Gasteiger partial charge in [-0.1, -0.05) is 20.8 Å². The number of amides is 1. The molecule has 0 aromatic heterocycles. The van der Waals surface area contributed by atoms with E-state index in [-0.39, 0.29) is 23.3 Å². The van der Waals surface area contributed by atoms with Crippen LogP contribution in [0.4, 0.5) is 0 Å². The highest BCUT2D eigenvalue weighted by atomic mass is 16.5. The highest BCUT2D eigenvalue weighted by Crippen LogP contribution is 2.23. The number of nitrogens with zero attached hydrogens (tertiary/aromatic N) is 1. The number of hydrogen-bond acceptors (Lipinski definition) is 4. The number of hydrogen-bond donors (Lipinski definition) is 1. The van der Waals surface area contributed by atoms with Crippen molar-refractivity contribution >= 4 is 11.9 Å². The molecule has 1 aliphatic heterocycles. The van der Waals surface area contributed by atoms with E-state index < -0.39 is 6.04 Å². The van der Waals surface area contributed by atoms with Gasteiger partial charge >= 0.3 is 5.97 Å². The van der Waals surface area contributed by atoms with Crippen LogP contribution in [0.15, 0.2) is 0 Å². The van der Waals surface area contributed by atoms with Gasteiger partial charge in [0.2, 0.25) is 5.91 Å². The van der Waals surface area contributed by atoms with Gasteiger partial charge in [-0.25, -0.2) is 4.79 Å². The minimum Gasteiger partial charge on any atom is -0.467 e. The second kappa shape index (κ2) is 6.37. The summed E-state index contributed by atoms with van der Waals surface area (Å²) < 4.78 is 4.74. The lowest BCUT2D eigenvalue weighted by Gasteiger charge is -2.27. The molecule has 2 N–H and O–H groups in total. The first-order valence-electron chi connectivity index (χ1n) is 6.87. The van der Waals surface area contributed by atoms with E-state index in [1.54, 1.807) is 4.90 Å². The molecule has 0 aliphatic carbocycles. The molecule has 2 unspecified atom stereocenters. The SMILES string of the molecule is COC(=O)C1CCCN1C(=O)CC(N)CC(C)(C)C. The molecule has 5 nitrogen and oxygen atoms in total. The summed E-state index contributed by atoms with van der Waals surface area (Å²) in [4.78, 5) is 25.4. The highest BCUT2D eigenvalue weighted by molar-refractivity contribution is 5.85. The van der Waals surface area contributed by atoms with Crippen LogP contribution in [0.1, 0.15) is 46.5 Å². The van der Waals surface area contributed by atoms with Gasteiger partial charge in [0.05, 0.1) is 7.11 Å². The molecule has 0 bridgehead atoms. The second-order valence-electron chi connectivity index (χ2n) is 6.50. The van der Waals surface area contributed by atoms with Gasteiger partial charge in [-0.05, 0) is 24.7 Å². The molecule has 1 fully saturated rings. The van der Waals surface area contributed by atoms with Crippen molar-refractivity contribution in [2.75, 3.05) is 13.7 Å². The smallest absolute Gasteiger partial charge is 0.328 e. The summed E-state index contributed by atoms with van der Waals surface area (Å²) in [6.45, 7) is 6.93. The average Bonchev–Trinajstić information content (AvgIpc) is 2.73. The first-order chi connectivity index (χ1) is 8.74. The van der Waals surface area contributed by atoms with E-state index in [0.717, 1.165) is 12.8 Å². The Bertz CT molecular complexity index is 336. The Balaban J connectivity index is 2.55. The van der Waals surface area contributed by atoms with Gasteiger partial charge in [0.25, 0.3) is 0 Å². The summed E-state index contributed by atoms with van der Waals surface area (Å²) in [5.41, 5.74) is 6.12. The molecule has 110 valence electrons. The van der Waals surface area contributed by atoms with Crippen LogP contribution in [0.2, 0.25) is 0 Å². The third-order valence-electron chi connectivity index (χ3n) is 3.36. The predicted octanol–water partition coefficient (Wildman–Crippen LogP) is 1.30. The lowest BCUT2D eigenvalue weighted by Crippen LogP contribution is -2.43. The molecule has 2 atom stereocenters. The number of nitrogens with two attached hydrogens (primary N) is 1. The molecule has 5 heteroatoms. The number of ether oxygens (including phenoxy) is 1. The Morgan fingerprint density at radius 3 is 2.58 bits per heavy atom. The molecule has 1 saturated heterocycles. The fourth-order valence-electron chi connectivity index (χ4n) is 2.65. The Labute approximate surface area is 115 Å². The number of likely N-dealkylation sites (tertiary alicyclic amines) is 1. The maximum atomic E-state index is 12.2. The van der Waals surface area contributed by atoms with Gasteiger partial charge in [0, 0.05) is 19.0 Å². The summed E-state index contributed by atoms with van der Waals surface area (Å²) in [6, 6.07) is -0.578. The quantitative estimate of drug-likeness (QED) is 0.782. The van der Waals surface area contributed by atoms with Crippen LogP contribution in [-0.2, 0) is 14.3 Å². The Morgan fingerprint density at radius 2 is 2.05 bits per heavy atom. The van der Waals surface area contributed by atoms with Gasteiger partial charge in [-0.2, -0.15) is 0 Å². The van der Waals surface area contributed by atoms with E-state index in [0.29, 0.717) is 19.4 Å². The van der Waals surface area contributed by atoms with Crippen molar-refractivity contribution in [3.8, 4) is 0 Å². The van der Waals surface area contributed by atoms with Crippen molar-refractivity contribution in [1.29, 1.82) is 0 Å². The molecule has 1 amide bonds. The summed E-state index contributed by atoms with van der Waals surface area (Å²) in [5.74, 6) is -0.361. The lowest BCUT2D eigenvalue weighted by molar-refractivity contribution is -0.151. The first-order valence-corrected chi connectivity index (χ1v) is 6.87. The van der Waals surface area contributed by atoms with Gasteiger partial charge in [-0.15, -0.1) is 0 Å². The van der Waals surface area contributed by atoms with Crippen LogP contribution in [-0.4, -0.2) is 42.5 Å². The van der Waals surface area contributed by atoms with Crippen molar-refractivity contribution in [2.24, 2.45) is 11.1 Å². The van der Waals surface area contributed by atoms with Crippen molar-refractivity contribution in [2.45, 2.75) is 58.5 Å². The molecule has 0 aromatic rings. The van der Waals surface area contributed by atoms with E-state index in [1.165, 1.54) is 7.11 Å². The zero-order valence-corrected chi connectivity index (χ0v) is 12.4. The molecule has 0 radical (unpaired) electrons. The second-order valence-corrected chi connectivity index (χ2v) is 6.50. The molecule has 0 saturated carbocycles. The van der Waals surface area contributed by atoms with Crippen molar-refractivity contribution in [3.05, 3.63) is 0 Å². The number of methoxy groups -OCH3 is 1. The monoisotopic (exact) mass is 270 g/mol. The molecule has 0 aromatic carbocycles. The first kappa shape index (κ1) is 16.0. The van der Waals surface area contributed by atoms with E-state index in [1.807, 2.05) is 0 Å². The maximum Gasteiger partial charge on any atom is 0.328 e. The minimum absolute atomic E-state index is 0.0374. The normalized spacial score (nSPS) is 21.3. The van der Waals surface area contributed by atoms with Crippen LogP contribution < -0.4 is 5.73 Å². The van der Waals surface area contributed by atoms with Crippen LogP contribution >= 0.6 is 0 Å². The fraction of sp³-hybridized carbons (Fsp3) is 0.857. The lowest BCUT2D eigenvalue weighted by atomic mass is 9.87. The van der Waals surface area contributed by atoms with Crippen molar-refractivity contribution in [3.63, 3.8) is 0 Å². The van der Waals surface area contributed by atoms with Crippen LogP contribution in [0.5, 0.6) is 0 Å². The zero-order chi connectivity index (χ0) is 14.6. The standard InChI is InChI=1S/C14H26N2O3/c1-14(2,3)9-10(15)8-12(17)16-7-5-6-11(16)13(18)19-4/h10-11H,5-9,15H2,1-4H3. The minimum atomic E-state index is -0.417. The zero-order valence-electron chi connectivity index (χ0n) is 12.4. The Morgan fingerprint density at radius 1 is 1.42 bits per heavy atom. The Kier molecular flexibility index (Phi) is 5.35. The summed E-state index contributed by atoms with van der Waals surface area (Å²) >= 11 is 0. The van der Waals surface area contributed by atoms with E-state index in [9.17, 15) is 9.59 Å². The molecular formula is C14H26N2O3. The van der Waals surface area contributed by atoms with E-state index in [4.69, 9.17) is 10.5 Å². The average molecular weight is 270 g/mol. The highest BCUT2D eigenvalue weighted by Gasteiger charge is 2.35. The van der Waals surface area contributed by atoms with Crippen molar-refractivity contribution in [1.82, 2.24) is 4.90 Å². The molecule has 1 rings (SSSR count). The van der Waals surface area contributed by atoms with Crippen LogP contribution in [0.25, 0.3) is 0 Å². The topological polar surface area (TPSA) is 72.6 Å². The molecule has 19 heavy (non-hydrogen) atoms. The van der Waals surface area contributed by atoms with Gasteiger partial charge < -0.3 is 15.4 Å². The fourth-order valence-corrected chi connectivity index (χ4v) is 2.65. The third kappa shape index (κ3) is 4.82. The molecular weight excluding hydrogens is 244 g/mol. The summed E-state index contributed by atoms with van der Waals surface area (Å²) in [5, 5.41) is 0. The number of carbonyl (C=O) groups is 2. The summed E-state index contributed by atoms with van der Waals surface area (Å²) in [7, 11) is 1.36. The van der Waals surface area contributed by atoms with E-state index >= 15 is 0 Å². The van der Waals surface area contributed by atoms with Gasteiger partial charge in [0.1, 0.15) is 6.04 Å². The van der Waals surface area contributed by atoms with Crippen LogP contribution in [0.3, 0.4) is 0 Å². The Hall–Kier alpha value is -1.10. The number of rotatable bonds is 4. The van der Waals surface area contributed by atoms with Crippen molar-refractivity contribution < 1.29 is 14.3 Å². The predicted molar refractivity (Wildman–Crippen MR) is 73.4 cm³/mol. The largest absolute Gasteiger partial charge is 0.467 e. The van der Waals surface area contributed by atoms with Gasteiger partial charge in [0.15, 0.2) is 0 Å². The van der Waals surface area contributed by atoms with E-state index in [2.05, 4.69) is 20.8 Å². The molecule has 1 heterocycles. The third-order valence-corrected chi connectivity index (χ3v) is 3.36. The van der Waals surface area contributed by atoms with Crippen LogP contribution in [0, 0.1) is 5.41 Å².